The van der Waals surface area contributed by atoms with Crippen molar-refractivity contribution in [1.82, 2.24) is 0 Å². The van der Waals surface area contributed by atoms with Crippen molar-refractivity contribution in [2.75, 3.05) is 0 Å². The van der Waals surface area contributed by atoms with E-state index < -0.39 is 24.4 Å². The van der Waals surface area contributed by atoms with Crippen molar-refractivity contribution in [2.24, 2.45) is 0 Å². The Morgan fingerprint density at radius 1 is 1.44 bits per heavy atom. The van der Waals surface area contributed by atoms with Crippen LogP contribution in [-0.2, 0) is 28.3 Å². The second-order valence-electron chi connectivity index (χ2n) is 0.647. The summed E-state index contributed by atoms with van der Waals surface area (Å²) in [7, 11) is -4.44. The Bertz CT molecular complexity index is 106. The van der Waals surface area contributed by atoms with Crippen LogP contribution in [0.3, 0.4) is 0 Å². The summed E-state index contributed by atoms with van der Waals surface area (Å²) < 4.78 is 22.3. The molecule has 6 nitrogen and oxygen atoms in total. The number of phosphoric acid groups is 1. The fourth-order valence-electron chi connectivity index (χ4n) is 0.0434. The Morgan fingerprint density at radius 3 is 1.78 bits per heavy atom. The molecule has 0 radical (unpaired) electrons. The molecule has 0 unspecified atom stereocenters. The van der Waals surface area contributed by atoms with E-state index in [-0.39, 0.29) is 35.0 Å². The molecule has 0 atom stereocenters. The zero-order valence-corrected chi connectivity index (χ0v) is 5.80. The Labute approximate surface area is 80.5 Å². The van der Waals surface area contributed by atoms with Crippen LogP contribution in [-0.4, -0.2) is 44.8 Å². The molecule has 0 saturated carbocycles. The van der Waals surface area contributed by atoms with Crippen molar-refractivity contribution in [3.05, 3.63) is 0 Å². The van der Waals surface area contributed by atoms with E-state index in [4.69, 9.17) is 9.79 Å². The van der Waals surface area contributed by atoms with Gasteiger partial charge in [-0.3, -0.25) is 0 Å². The summed E-state index contributed by atoms with van der Waals surface area (Å²) in [5, 5.41) is 0. The monoisotopic (exact) mass is 206 g/mol. The average molecular weight is 206 g/mol. The van der Waals surface area contributed by atoms with Crippen LogP contribution in [0.1, 0.15) is 0 Å². The summed E-state index contributed by atoms with van der Waals surface area (Å²) in [5.41, 5.74) is 0. The van der Waals surface area contributed by atoms with Crippen molar-refractivity contribution in [2.45, 2.75) is 0 Å². The van der Waals surface area contributed by atoms with Gasteiger partial charge >= 0.3 is 75.4 Å². The molecule has 0 rings (SSSR count). The molecule has 0 aliphatic heterocycles. The third kappa shape index (κ3) is 17.7. The predicted molar refractivity (Wildman–Crippen MR) is 24.6 cm³/mol. The van der Waals surface area contributed by atoms with E-state index >= 15 is 0 Å². The van der Waals surface area contributed by atoms with Crippen LogP contribution in [0.5, 0.6) is 0 Å². The Hall–Kier alpha value is 1.45. The Kier molecular flexibility index (Phi) is 14.1. The maximum absolute atomic E-state index is 9.53. The van der Waals surface area contributed by atoms with Crippen molar-refractivity contribution in [3.8, 4) is 0 Å². The molecule has 9 heteroatoms. The minimum absolute atomic E-state index is 0. The summed E-state index contributed by atoms with van der Waals surface area (Å²) in [6.45, 7) is 0. The van der Waals surface area contributed by atoms with E-state index in [1.54, 1.807) is 0 Å². The average Bonchev–Trinajstić information content (AvgIpc) is 1.30. The quantitative estimate of drug-likeness (QED) is 0.399. The summed E-state index contributed by atoms with van der Waals surface area (Å²) in [6, 6.07) is 0. The van der Waals surface area contributed by atoms with Gasteiger partial charge in [0.15, 0.2) is 0 Å². The molecule has 0 aromatic rings. The van der Waals surface area contributed by atoms with Gasteiger partial charge < -0.3 is 5.48 Å². The molecule has 0 aromatic carbocycles. The van der Waals surface area contributed by atoms with E-state index in [2.05, 4.69) is 3.45 Å². The van der Waals surface area contributed by atoms with Gasteiger partial charge in [0.25, 0.3) is 0 Å². The van der Waals surface area contributed by atoms with Crippen molar-refractivity contribution in [1.29, 1.82) is 0 Å². The van der Waals surface area contributed by atoms with E-state index in [1.807, 2.05) is 0 Å². The van der Waals surface area contributed by atoms with Gasteiger partial charge in [0.1, 0.15) is 0 Å². The third-order valence-electron chi connectivity index (χ3n) is 0.140. The van der Waals surface area contributed by atoms with E-state index in [0.717, 1.165) is 0 Å². The van der Waals surface area contributed by atoms with Crippen LogP contribution in [0.15, 0.2) is 0 Å². The van der Waals surface area contributed by atoms with Crippen LogP contribution in [0.25, 0.3) is 0 Å². The first kappa shape index (κ1) is 16.8. The van der Waals surface area contributed by atoms with Crippen LogP contribution < -0.4 is 0 Å². The molecule has 0 heterocycles. The first-order valence-electron chi connectivity index (χ1n) is 1.13. The van der Waals surface area contributed by atoms with Crippen LogP contribution in [0.4, 0.5) is 0 Å². The van der Waals surface area contributed by atoms with Gasteiger partial charge in [0.05, 0.1) is 0 Å². The van der Waals surface area contributed by atoms with Gasteiger partial charge in [-0.05, 0) is 0 Å². The molecule has 0 spiro atoms. The molecule has 0 saturated heterocycles. The Balaban J connectivity index is -0.000000180. The second kappa shape index (κ2) is 7.56. The molecule has 0 fully saturated rings. The molecular weight excluding hydrogens is 201 g/mol. The second-order valence-corrected chi connectivity index (χ2v) is 2.79. The van der Waals surface area contributed by atoms with Gasteiger partial charge in [0, 0.05) is 0 Å². The molecule has 0 aliphatic rings. The van der Waals surface area contributed by atoms with Crippen LogP contribution in [0.2, 0.25) is 0 Å². The first-order chi connectivity index (χ1) is 3.06. The molecule has 0 bridgehead atoms. The standard InChI is InChI=1S/Na.H3O4P.H2O.O.V.H/c;1-5(2,3)4;;;;/h;(H3,1,2,3,4);1H2;;;/q;;;;+1;/p-1. The van der Waals surface area contributed by atoms with E-state index in [1.165, 1.54) is 0 Å². The summed E-state index contributed by atoms with van der Waals surface area (Å²) >= 11 is -1.88. The minimum atomic E-state index is -4.44. The van der Waals surface area contributed by atoms with E-state index in [0.29, 0.717) is 0 Å². The van der Waals surface area contributed by atoms with Crippen LogP contribution in [0, 0.1) is 0 Å². The maximum atomic E-state index is 9.53. The van der Waals surface area contributed by atoms with Crippen LogP contribution >= 0.6 is 7.82 Å². The zero-order valence-electron chi connectivity index (χ0n) is 3.51. The van der Waals surface area contributed by atoms with E-state index in [9.17, 15) is 8.24 Å². The number of rotatable bonds is 2. The van der Waals surface area contributed by atoms with Gasteiger partial charge in [-0.1, -0.05) is 0 Å². The molecule has 0 aliphatic carbocycles. The van der Waals surface area contributed by atoms with Crippen molar-refractivity contribution in [3.63, 3.8) is 0 Å². The summed E-state index contributed by atoms with van der Waals surface area (Å²) in [4.78, 5) is 15.5. The molecule has 9 heavy (non-hydrogen) atoms. The number of hydrogen-bond donors (Lipinski definition) is 2. The number of hydrogen-bond acceptors (Lipinski definition) is 3. The predicted octanol–water partition coefficient (Wildman–Crippen LogP) is -2.03. The SMILES string of the molecule is O.[NaH].[O]=[V][O]P(=O)(O)O. The molecule has 52 valence electrons. The molecule has 4 N–H and O–H groups in total. The summed E-state index contributed by atoms with van der Waals surface area (Å²) in [6.07, 6.45) is 0. The third-order valence-corrected chi connectivity index (χ3v) is 1.73. The topological polar surface area (TPSA) is 115 Å². The fraction of sp³-hybridized carbons (Fsp3) is 0. The normalized spacial score (nSPS) is 8.67. The molecular formula is H5NaO6PV. The molecule has 0 aromatic heterocycles. The van der Waals surface area contributed by atoms with Gasteiger partial charge in [0.2, 0.25) is 0 Å². The van der Waals surface area contributed by atoms with Gasteiger partial charge in [-0.25, -0.2) is 0 Å². The summed E-state index contributed by atoms with van der Waals surface area (Å²) in [5.74, 6) is 0. The Morgan fingerprint density at radius 2 is 1.78 bits per heavy atom. The van der Waals surface area contributed by atoms with Gasteiger partial charge in [-0.2, -0.15) is 0 Å². The fourth-order valence-corrected chi connectivity index (χ4v) is 0.537. The van der Waals surface area contributed by atoms with Gasteiger partial charge in [-0.15, -0.1) is 0 Å². The van der Waals surface area contributed by atoms with Crippen molar-refractivity contribution < 1.29 is 43.5 Å². The first-order valence-corrected chi connectivity index (χ1v) is 3.80. The van der Waals surface area contributed by atoms with Crippen molar-refractivity contribution >= 4 is 37.4 Å². The molecule has 0 amide bonds. The zero-order chi connectivity index (χ0) is 5.91.